The maximum Gasteiger partial charge on any atom is 0.188 e. The third-order valence-corrected chi connectivity index (χ3v) is 3.83. The van der Waals surface area contributed by atoms with E-state index in [1.54, 1.807) is 6.07 Å². The molecule has 1 aromatic rings. The normalized spacial score (nSPS) is 16.1. The molecule has 1 fully saturated rings. The first kappa shape index (κ1) is 18.5. The highest BCUT2D eigenvalue weighted by Gasteiger charge is 2.08. The summed E-state index contributed by atoms with van der Waals surface area (Å²) in [5, 5.41) is 6.30. The number of nitrogens with one attached hydrogen (secondary N) is 2. The molecule has 0 amide bonds. The van der Waals surface area contributed by atoms with Crippen molar-refractivity contribution in [3.63, 3.8) is 0 Å². The standard InChI is InChI=1S/C17H28FN5O/c18-15-4-1-5-16(14-15)20-6-2-7-21-17(19)22-8-3-9-23-10-12-24-13-11-23/h1,4-5,14,20H,2-3,6-13H2,(H3,19,21,22). The summed E-state index contributed by atoms with van der Waals surface area (Å²) in [5.41, 5.74) is 6.63. The zero-order valence-electron chi connectivity index (χ0n) is 14.1. The first-order valence-corrected chi connectivity index (χ1v) is 8.57. The zero-order valence-corrected chi connectivity index (χ0v) is 14.1. The summed E-state index contributed by atoms with van der Waals surface area (Å²) in [6.07, 6.45) is 1.88. The van der Waals surface area contributed by atoms with Crippen molar-refractivity contribution in [1.82, 2.24) is 10.2 Å². The van der Waals surface area contributed by atoms with Gasteiger partial charge in [0.05, 0.1) is 13.2 Å². The summed E-state index contributed by atoms with van der Waals surface area (Å²) >= 11 is 0. The number of nitrogens with zero attached hydrogens (tertiary/aromatic N) is 2. The van der Waals surface area contributed by atoms with Crippen LogP contribution in [0.2, 0.25) is 0 Å². The lowest BCUT2D eigenvalue weighted by Gasteiger charge is -2.26. The Kier molecular flexibility index (Phi) is 8.34. The van der Waals surface area contributed by atoms with Crippen LogP contribution in [0, 0.1) is 5.82 Å². The molecule has 1 aliphatic heterocycles. The van der Waals surface area contributed by atoms with Crippen LogP contribution >= 0.6 is 0 Å². The van der Waals surface area contributed by atoms with E-state index in [2.05, 4.69) is 20.5 Å². The molecule has 7 heteroatoms. The highest BCUT2D eigenvalue weighted by atomic mass is 19.1. The van der Waals surface area contributed by atoms with Crippen LogP contribution < -0.4 is 16.4 Å². The molecule has 6 nitrogen and oxygen atoms in total. The molecule has 4 N–H and O–H groups in total. The van der Waals surface area contributed by atoms with Gasteiger partial charge >= 0.3 is 0 Å². The van der Waals surface area contributed by atoms with E-state index in [4.69, 9.17) is 10.5 Å². The highest BCUT2D eigenvalue weighted by molar-refractivity contribution is 5.77. The minimum Gasteiger partial charge on any atom is -0.385 e. The minimum absolute atomic E-state index is 0.233. The van der Waals surface area contributed by atoms with E-state index < -0.39 is 0 Å². The number of benzene rings is 1. The van der Waals surface area contributed by atoms with Gasteiger partial charge in [-0.15, -0.1) is 0 Å². The van der Waals surface area contributed by atoms with Crippen LogP contribution in [0.3, 0.4) is 0 Å². The quantitative estimate of drug-likeness (QED) is 0.359. The second kappa shape index (κ2) is 10.8. The largest absolute Gasteiger partial charge is 0.385 e. The third-order valence-electron chi connectivity index (χ3n) is 3.83. The van der Waals surface area contributed by atoms with Gasteiger partial charge in [-0.05, 0) is 37.6 Å². The fourth-order valence-corrected chi connectivity index (χ4v) is 2.51. The Morgan fingerprint density at radius 2 is 2.08 bits per heavy atom. The van der Waals surface area contributed by atoms with E-state index in [0.717, 1.165) is 64.5 Å². The van der Waals surface area contributed by atoms with Crippen molar-refractivity contribution in [2.75, 3.05) is 57.8 Å². The number of halogens is 1. The average molecular weight is 337 g/mol. The average Bonchev–Trinajstić information content (AvgIpc) is 2.59. The van der Waals surface area contributed by atoms with Gasteiger partial charge in [-0.2, -0.15) is 0 Å². The lowest BCUT2D eigenvalue weighted by molar-refractivity contribution is 0.0376. The van der Waals surface area contributed by atoms with Gasteiger partial charge in [-0.25, -0.2) is 4.39 Å². The number of ether oxygens (including phenoxy) is 1. The molecule has 1 aliphatic rings. The zero-order chi connectivity index (χ0) is 17.0. The van der Waals surface area contributed by atoms with Crippen LogP contribution in [0.4, 0.5) is 10.1 Å². The van der Waals surface area contributed by atoms with Crippen LogP contribution in [-0.2, 0) is 4.74 Å². The van der Waals surface area contributed by atoms with Gasteiger partial charge in [0.1, 0.15) is 5.82 Å². The third kappa shape index (κ3) is 7.61. The number of morpholine rings is 1. The first-order chi connectivity index (χ1) is 11.7. The Morgan fingerprint density at radius 1 is 1.25 bits per heavy atom. The van der Waals surface area contributed by atoms with E-state index in [1.807, 2.05) is 6.07 Å². The Labute approximate surface area is 143 Å². The van der Waals surface area contributed by atoms with Crippen molar-refractivity contribution in [2.24, 2.45) is 10.7 Å². The van der Waals surface area contributed by atoms with Crippen molar-refractivity contribution in [2.45, 2.75) is 12.8 Å². The molecule has 1 saturated heterocycles. The fourth-order valence-electron chi connectivity index (χ4n) is 2.51. The van der Waals surface area contributed by atoms with Gasteiger partial charge in [0.15, 0.2) is 5.96 Å². The lowest BCUT2D eigenvalue weighted by Crippen LogP contribution is -2.39. The van der Waals surface area contributed by atoms with Crippen molar-refractivity contribution in [3.8, 4) is 0 Å². The highest BCUT2D eigenvalue weighted by Crippen LogP contribution is 2.08. The second-order valence-electron chi connectivity index (χ2n) is 5.79. The number of nitrogens with two attached hydrogens (primary N) is 1. The van der Waals surface area contributed by atoms with Gasteiger partial charge in [-0.1, -0.05) is 6.07 Å². The summed E-state index contributed by atoms with van der Waals surface area (Å²) in [5.74, 6) is 0.256. The van der Waals surface area contributed by atoms with Gasteiger partial charge in [0, 0.05) is 38.4 Å². The minimum atomic E-state index is -0.233. The Bertz CT molecular complexity index is 506. The molecular formula is C17H28FN5O. The van der Waals surface area contributed by atoms with Crippen molar-refractivity contribution < 1.29 is 9.13 Å². The SMILES string of the molecule is NC(=NCCCNc1cccc(F)c1)NCCCN1CCOCC1. The van der Waals surface area contributed by atoms with Crippen LogP contribution in [-0.4, -0.2) is 63.3 Å². The number of hydrogen-bond donors (Lipinski definition) is 3. The predicted octanol–water partition coefficient (Wildman–Crippen LogP) is 1.25. The van der Waals surface area contributed by atoms with E-state index >= 15 is 0 Å². The van der Waals surface area contributed by atoms with Gasteiger partial charge < -0.3 is 21.1 Å². The molecule has 0 unspecified atom stereocenters. The van der Waals surface area contributed by atoms with Gasteiger partial charge in [0.2, 0.25) is 0 Å². The van der Waals surface area contributed by atoms with Crippen LogP contribution in [0.1, 0.15) is 12.8 Å². The number of hydrogen-bond acceptors (Lipinski definition) is 4. The molecular weight excluding hydrogens is 309 g/mol. The van der Waals surface area contributed by atoms with Crippen LogP contribution in [0.5, 0.6) is 0 Å². The van der Waals surface area contributed by atoms with E-state index in [1.165, 1.54) is 12.1 Å². The molecule has 1 heterocycles. The van der Waals surface area contributed by atoms with Crippen molar-refractivity contribution >= 4 is 11.6 Å². The molecule has 0 radical (unpaired) electrons. The number of aliphatic imine (C=N–C) groups is 1. The molecule has 1 aromatic carbocycles. The molecule has 0 atom stereocenters. The van der Waals surface area contributed by atoms with Crippen LogP contribution in [0.25, 0.3) is 0 Å². The molecule has 24 heavy (non-hydrogen) atoms. The summed E-state index contributed by atoms with van der Waals surface area (Å²) < 4.78 is 18.3. The molecule has 0 bridgehead atoms. The smallest absolute Gasteiger partial charge is 0.188 e. The number of anilines is 1. The monoisotopic (exact) mass is 337 g/mol. The lowest BCUT2D eigenvalue weighted by atomic mass is 10.3. The van der Waals surface area contributed by atoms with Crippen molar-refractivity contribution in [1.29, 1.82) is 0 Å². The van der Waals surface area contributed by atoms with Crippen LogP contribution in [0.15, 0.2) is 29.3 Å². The predicted molar refractivity (Wildman–Crippen MR) is 95.9 cm³/mol. The Balaban J connectivity index is 1.49. The van der Waals surface area contributed by atoms with Gasteiger partial charge in [0.25, 0.3) is 0 Å². The molecule has 0 saturated carbocycles. The Morgan fingerprint density at radius 3 is 2.88 bits per heavy atom. The van der Waals surface area contributed by atoms with E-state index in [-0.39, 0.29) is 5.82 Å². The van der Waals surface area contributed by atoms with E-state index in [9.17, 15) is 4.39 Å². The molecule has 0 aromatic heterocycles. The maximum absolute atomic E-state index is 13.0. The van der Waals surface area contributed by atoms with Gasteiger partial charge in [-0.3, -0.25) is 9.89 Å². The second-order valence-corrected chi connectivity index (χ2v) is 5.79. The maximum atomic E-state index is 13.0. The van der Waals surface area contributed by atoms with E-state index in [0.29, 0.717) is 12.5 Å². The topological polar surface area (TPSA) is 74.9 Å². The van der Waals surface area contributed by atoms with Crippen molar-refractivity contribution in [3.05, 3.63) is 30.1 Å². The Hall–Kier alpha value is -1.86. The fraction of sp³-hybridized carbons (Fsp3) is 0.588. The summed E-state index contributed by atoms with van der Waals surface area (Å²) in [6.45, 7) is 6.96. The number of guanidine groups is 1. The molecule has 0 aliphatic carbocycles. The molecule has 0 spiro atoms. The summed E-state index contributed by atoms with van der Waals surface area (Å²) in [6, 6.07) is 6.44. The molecule has 2 rings (SSSR count). The summed E-state index contributed by atoms with van der Waals surface area (Å²) in [7, 11) is 0. The first-order valence-electron chi connectivity index (χ1n) is 8.57. The number of rotatable bonds is 9. The summed E-state index contributed by atoms with van der Waals surface area (Å²) in [4.78, 5) is 6.69. The molecule has 134 valence electrons.